The first-order chi connectivity index (χ1) is 8.95. The van der Waals surface area contributed by atoms with Gasteiger partial charge in [0.15, 0.2) is 0 Å². The lowest BCUT2D eigenvalue weighted by Crippen LogP contribution is -2.07. The van der Waals surface area contributed by atoms with Crippen LogP contribution < -0.4 is 5.32 Å². The molecule has 1 atom stereocenters. The fraction of sp³-hybridized carbons (Fsp3) is 0.250. The van der Waals surface area contributed by atoms with Crippen molar-refractivity contribution < 1.29 is 0 Å². The molecule has 0 radical (unpaired) electrons. The predicted molar refractivity (Wildman–Crippen MR) is 84.4 cm³/mol. The van der Waals surface area contributed by atoms with Crippen LogP contribution in [0.3, 0.4) is 0 Å². The number of nitrogens with one attached hydrogen (secondary N) is 1. The van der Waals surface area contributed by atoms with Crippen LogP contribution in [0, 0.1) is 13.8 Å². The second-order valence-corrected chi connectivity index (χ2v) is 5.75. The van der Waals surface area contributed by atoms with E-state index in [1.165, 1.54) is 16.7 Å². The first-order valence-corrected chi connectivity index (χ1v) is 7.01. The van der Waals surface area contributed by atoms with E-state index in [9.17, 15) is 0 Å². The smallest absolute Gasteiger partial charge is 0.0638 e. The lowest BCUT2D eigenvalue weighted by molar-refractivity contribution is 0.881. The van der Waals surface area contributed by atoms with Gasteiger partial charge in [-0.15, -0.1) is 0 Å². The Hall–Kier alpha value is -1.18. The third-order valence-corrected chi connectivity index (χ3v) is 3.61. The standard InChI is InChI=1S/C16H17Cl2N/c1-10-6-11(2)8-13(7-10)12(3)19-16-9-14(17)4-5-15(16)18/h4-9,12,19H,1-3H3. The molecule has 1 nitrogen and oxygen atoms in total. The molecule has 0 bridgehead atoms. The van der Waals surface area contributed by atoms with Crippen molar-refractivity contribution >= 4 is 28.9 Å². The molecule has 0 aliphatic carbocycles. The van der Waals surface area contributed by atoms with Crippen LogP contribution in [0.15, 0.2) is 36.4 Å². The topological polar surface area (TPSA) is 12.0 Å². The minimum atomic E-state index is 0.176. The zero-order valence-corrected chi connectivity index (χ0v) is 12.8. The van der Waals surface area contributed by atoms with E-state index in [1.54, 1.807) is 12.1 Å². The molecule has 1 N–H and O–H groups in total. The van der Waals surface area contributed by atoms with E-state index in [2.05, 4.69) is 44.3 Å². The average Bonchev–Trinajstić information content (AvgIpc) is 2.32. The molecular weight excluding hydrogens is 277 g/mol. The highest BCUT2D eigenvalue weighted by Gasteiger charge is 2.09. The Balaban J connectivity index is 2.25. The van der Waals surface area contributed by atoms with E-state index in [1.807, 2.05) is 6.07 Å². The van der Waals surface area contributed by atoms with Gasteiger partial charge in [0, 0.05) is 11.1 Å². The molecule has 0 aliphatic heterocycles. The van der Waals surface area contributed by atoms with E-state index in [0.29, 0.717) is 10.0 Å². The van der Waals surface area contributed by atoms with Crippen molar-refractivity contribution in [3.63, 3.8) is 0 Å². The van der Waals surface area contributed by atoms with Gasteiger partial charge in [-0.1, -0.05) is 52.5 Å². The maximum absolute atomic E-state index is 6.17. The van der Waals surface area contributed by atoms with Gasteiger partial charge in [0.05, 0.1) is 10.7 Å². The Morgan fingerprint density at radius 3 is 2.21 bits per heavy atom. The number of anilines is 1. The molecule has 3 heteroatoms. The summed E-state index contributed by atoms with van der Waals surface area (Å²) < 4.78 is 0. The van der Waals surface area contributed by atoms with Crippen LogP contribution in [0.2, 0.25) is 10.0 Å². The quantitative estimate of drug-likeness (QED) is 0.756. The molecular formula is C16H17Cl2N. The van der Waals surface area contributed by atoms with Gasteiger partial charge in [-0.05, 0) is 44.5 Å². The summed E-state index contributed by atoms with van der Waals surface area (Å²) in [6.45, 7) is 6.33. The van der Waals surface area contributed by atoms with Crippen molar-refractivity contribution in [1.29, 1.82) is 0 Å². The number of aryl methyl sites for hydroxylation is 2. The van der Waals surface area contributed by atoms with Crippen molar-refractivity contribution in [3.05, 3.63) is 63.1 Å². The molecule has 0 saturated carbocycles. The van der Waals surface area contributed by atoms with Crippen molar-refractivity contribution in [2.75, 3.05) is 5.32 Å². The van der Waals surface area contributed by atoms with Crippen LogP contribution in [-0.4, -0.2) is 0 Å². The van der Waals surface area contributed by atoms with Crippen LogP contribution in [0.1, 0.15) is 29.7 Å². The molecule has 0 spiro atoms. The lowest BCUT2D eigenvalue weighted by Gasteiger charge is -2.18. The first kappa shape index (κ1) is 14.2. The summed E-state index contributed by atoms with van der Waals surface area (Å²) in [5.41, 5.74) is 4.64. The Labute approximate surface area is 124 Å². The van der Waals surface area contributed by atoms with E-state index >= 15 is 0 Å². The molecule has 0 amide bonds. The minimum Gasteiger partial charge on any atom is -0.377 e. The van der Waals surface area contributed by atoms with Gasteiger partial charge in [0.2, 0.25) is 0 Å². The number of hydrogen-bond acceptors (Lipinski definition) is 1. The van der Waals surface area contributed by atoms with Gasteiger partial charge in [-0.2, -0.15) is 0 Å². The molecule has 2 rings (SSSR count). The number of benzene rings is 2. The molecule has 0 aliphatic rings. The fourth-order valence-corrected chi connectivity index (χ4v) is 2.53. The first-order valence-electron chi connectivity index (χ1n) is 6.25. The molecule has 0 saturated heterocycles. The highest BCUT2D eigenvalue weighted by atomic mass is 35.5. The zero-order valence-electron chi connectivity index (χ0n) is 11.3. The monoisotopic (exact) mass is 293 g/mol. The molecule has 0 heterocycles. The van der Waals surface area contributed by atoms with Gasteiger partial charge < -0.3 is 5.32 Å². The van der Waals surface area contributed by atoms with Gasteiger partial charge in [-0.25, -0.2) is 0 Å². The van der Waals surface area contributed by atoms with E-state index in [4.69, 9.17) is 23.2 Å². The Morgan fingerprint density at radius 2 is 1.58 bits per heavy atom. The van der Waals surface area contributed by atoms with E-state index in [0.717, 1.165) is 5.69 Å². The second kappa shape index (κ2) is 5.85. The highest BCUT2D eigenvalue weighted by Crippen LogP contribution is 2.29. The Kier molecular flexibility index (Phi) is 4.38. The summed E-state index contributed by atoms with van der Waals surface area (Å²) in [7, 11) is 0. The van der Waals surface area contributed by atoms with Gasteiger partial charge in [0.1, 0.15) is 0 Å². The Bertz CT molecular complexity index is 573. The fourth-order valence-electron chi connectivity index (χ4n) is 2.18. The maximum Gasteiger partial charge on any atom is 0.0638 e. The third kappa shape index (κ3) is 3.65. The molecule has 2 aromatic rings. The second-order valence-electron chi connectivity index (χ2n) is 4.91. The molecule has 100 valence electrons. The summed E-state index contributed by atoms with van der Waals surface area (Å²) in [6, 6.07) is 12.2. The third-order valence-electron chi connectivity index (χ3n) is 3.04. The molecule has 2 aromatic carbocycles. The summed E-state index contributed by atoms with van der Waals surface area (Å²) in [5.74, 6) is 0. The maximum atomic E-state index is 6.17. The van der Waals surface area contributed by atoms with Crippen molar-refractivity contribution in [3.8, 4) is 0 Å². The molecule has 0 aromatic heterocycles. The van der Waals surface area contributed by atoms with Gasteiger partial charge in [-0.3, -0.25) is 0 Å². The van der Waals surface area contributed by atoms with Crippen LogP contribution >= 0.6 is 23.2 Å². The number of rotatable bonds is 3. The zero-order chi connectivity index (χ0) is 14.0. The van der Waals surface area contributed by atoms with Crippen molar-refractivity contribution in [2.24, 2.45) is 0 Å². The van der Waals surface area contributed by atoms with Gasteiger partial charge in [0.25, 0.3) is 0 Å². The SMILES string of the molecule is Cc1cc(C)cc(C(C)Nc2cc(Cl)ccc2Cl)c1. The molecule has 19 heavy (non-hydrogen) atoms. The molecule has 0 fully saturated rings. The summed E-state index contributed by atoms with van der Waals surface area (Å²) in [5, 5.41) is 4.77. The van der Waals surface area contributed by atoms with Gasteiger partial charge >= 0.3 is 0 Å². The van der Waals surface area contributed by atoms with Crippen LogP contribution in [0.5, 0.6) is 0 Å². The largest absolute Gasteiger partial charge is 0.377 e. The predicted octanol–water partition coefficient (Wildman–Crippen LogP) is 5.78. The lowest BCUT2D eigenvalue weighted by atomic mass is 10.0. The number of hydrogen-bond donors (Lipinski definition) is 1. The van der Waals surface area contributed by atoms with Crippen LogP contribution in [-0.2, 0) is 0 Å². The van der Waals surface area contributed by atoms with Crippen LogP contribution in [0.25, 0.3) is 0 Å². The van der Waals surface area contributed by atoms with Crippen molar-refractivity contribution in [2.45, 2.75) is 26.8 Å². The summed E-state index contributed by atoms with van der Waals surface area (Å²) in [4.78, 5) is 0. The number of halogens is 2. The molecule has 1 unspecified atom stereocenters. The van der Waals surface area contributed by atoms with Crippen molar-refractivity contribution in [1.82, 2.24) is 0 Å². The van der Waals surface area contributed by atoms with E-state index < -0.39 is 0 Å². The minimum absolute atomic E-state index is 0.176. The Morgan fingerprint density at radius 1 is 0.947 bits per heavy atom. The summed E-state index contributed by atoms with van der Waals surface area (Å²) >= 11 is 12.2. The summed E-state index contributed by atoms with van der Waals surface area (Å²) in [6.07, 6.45) is 0. The highest BCUT2D eigenvalue weighted by molar-refractivity contribution is 6.35. The average molecular weight is 294 g/mol. The van der Waals surface area contributed by atoms with Crippen LogP contribution in [0.4, 0.5) is 5.69 Å². The normalized spacial score (nSPS) is 12.3. The van der Waals surface area contributed by atoms with E-state index in [-0.39, 0.29) is 6.04 Å².